The normalized spacial score (nSPS) is 21.2. The number of amides is 1. The molecule has 288 valence electrons. The molecule has 0 bridgehead atoms. The number of hydrogen-bond donors (Lipinski definition) is 1. The zero-order chi connectivity index (χ0) is 38.9. The molecule has 2 aromatic rings. The molecular weight excluding hydrogens is 710 g/mol. The van der Waals surface area contributed by atoms with Crippen molar-refractivity contribution in [1.29, 1.82) is 0 Å². The summed E-state index contributed by atoms with van der Waals surface area (Å²) in [4.78, 5) is 74.4. The molecule has 4 rings (SSSR count). The Balaban J connectivity index is 1.45. The Morgan fingerprint density at radius 2 is 1.28 bits per heavy atom. The van der Waals surface area contributed by atoms with E-state index in [4.69, 9.17) is 33.2 Å². The molecule has 2 aromatic carbocycles. The number of nitrogens with one attached hydrogen (secondary N) is 1. The summed E-state index contributed by atoms with van der Waals surface area (Å²) in [5.41, 5.74) is 2.44. The minimum atomic E-state index is -1.29. The summed E-state index contributed by atoms with van der Waals surface area (Å²) < 4.78 is 39.0. The van der Waals surface area contributed by atoms with Crippen LogP contribution in [0.4, 0.5) is 4.79 Å². The van der Waals surface area contributed by atoms with E-state index in [0.717, 1.165) is 36.1 Å². The van der Waals surface area contributed by atoms with Gasteiger partial charge in [0.05, 0.1) is 0 Å². The van der Waals surface area contributed by atoms with Gasteiger partial charge in [-0.05, 0) is 61.6 Å². The van der Waals surface area contributed by atoms with Gasteiger partial charge in [-0.1, -0.05) is 48.5 Å². The number of ether oxygens (including phenoxy) is 7. The van der Waals surface area contributed by atoms with E-state index in [1.165, 1.54) is 25.6 Å². The van der Waals surface area contributed by atoms with Crippen molar-refractivity contribution in [3.8, 4) is 11.1 Å². The van der Waals surface area contributed by atoms with E-state index in [0.29, 0.717) is 12.2 Å². The van der Waals surface area contributed by atoms with Crippen LogP contribution in [-0.4, -0.2) is 96.4 Å². The second kappa shape index (κ2) is 18.4. The van der Waals surface area contributed by atoms with Gasteiger partial charge in [-0.25, -0.2) is 9.59 Å². The standard InChI is InChI=1S/C38H47NO13S/c1-21(40)46-20-31-32(48-22(2)41)33(49-23(3)42)34(50-24(4)43)36(51-31)53-18-12-17-30(35(44)52-38(5,6)7)39-37(45)47-19-29-27-15-10-8-13-25(27)26-14-9-11-16-28(26)29/h8-11,13-16,29-34,36H,12,17-20H2,1-7H3,(H,39,45)/t30-,31-,32-,33+,34-,36+/m1/s1. The van der Waals surface area contributed by atoms with E-state index in [2.05, 4.69) is 5.32 Å². The molecule has 0 radical (unpaired) electrons. The van der Waals surface area contributed by atoms with E-state index < -0.39 is 77.4 Å². The summed E-state index contributed by atoms with van der Waals surface area (Å²) in [5, 5.41) is 2.67. The van der Waals surface area contributed by atoms with Crippen molar-refractivity contribution in [2.75, 3.05) is 19.0 Å². The molecule has 1 aliphatic carbocycles. The lowest BCUT2D eigenvalue weighted by Crippen LogP contribution is -2.61. The fourth-order valence-corrected chi connectivity index (χ4v) is 7.40. The molecule has 6 atom stereocenters. The lowest BCUT2D eigenvalue weighted by atomic mass is 9.98. The minimum absolute atomic E-state index is 0.0552. The highest BCUT2D eigenvalue weighted by Gasteiger charge is 2.52. The quantitative estimate of drug-likeness (QED) is 0.157. The van der Waals surface area contributed by atoms with Gasteiger partial charge in [-0.3, -0.25) is 19.2 Å². The lowest BCUT2D eigenvalue weighted by molar-refractivity contribution is -0.237. The van der Waals surface area contributed by atoms with Crippen molar-refractivity contribution in [2.45, 2.75) is 109 Å². The molecule has 0 unspecified atom stereocenters. The van der Waals surface area contributed by atoms with E-state index >= 15 is 0 Å². The summed E-state index contributed by atoms with van der Waals surface area (Å²) in [6.07, 6.45) is -5.19. The molecule has 0 saturated carbocycles. The predicted molar refractivity (Wildman–Crippen MR) is 191 cm³/mol. The van der Waals surface area contributed by atoms with Gasteiger partial charge in [-0.15, -0.1) is 11.8 Å². The second-order valence-electron chi connectivity index (χ2n) is 13.6. The fourth-order valence-electron chi connectivity index (χ4n) is 6.21. The van der Waals surface area contributed by atoms with Crippen LogP contribution < -0.4 is 5.32 Å². The number of fused-ring (bicyclic) bond motifs is 3. The third kappa shape index (κ3) is 11.7. The van der Waals surface area contributed by atoms with E-state index in [1.54, 1.807) is 20.8 Å². The Hall–Kier alpha value is -4.63. The second-order valence-corrected chi connectivity index (χ2v) is 14.8. The molecule has 2 aliphatic rings. The van der Waals surface area contributed by atoms with Gasteiger partial charge in [0.25, 0.3) is 0 Å². The first-order chi connectivity index (χ1) is 25.0. The number of benzene rings is 2. The minimum Gasteiger partial charge on any atom is -0.463 e. The van der Waals surface area contributed by atoms with E-state index in [-0.39, 0.29) is 25.6 Å². The highest BCUT2D eigenvalue weighted by atomic mass is 32.2. The van der Waals surface area contributed by atoms with Crippen LogP contribution in [0.15, 0.2) is 48.5 Å². The maximum Gasteiger partial charge on any atom is 0.407 e. The van der Waals surface area contributed by atoms with Crippen LogP contribution in [0.25, 0.3) is 11.1 Å². The van der Waals surface area contributed by atoms with Gasteiger partial charge < -0.3 is 38.5 Å². The molecule has 0 aromatic heterocycles. The Labute approximate surface area is 312 Å². The van der Waals surface area contributed by atoms with Crippen molar-refractivity contribution in [1.82, 2.24) is 5.32 Å². The molecule has 1 heterocycles. The topological polar surface area (TPSA) is 179 Å². The van der Waals surface area contributed by atoms with Crippen molar-refractivity contribution in [2.24, 2.45) is 0 Å². The molecule has 53 heavy (non-hydrogen) atoms. The zero-order valence-electron chi connectivity index (χ0n) is 30.9. The largest absolute Gasteiger partial charge is 0.463 e. The molecule has 0 spiro atoms. The van der Waals surface area contributed by atoms with Crippen LogP contribution in [0.3, 0.4) is 0 Å². The fraction of sp³-hybridized carbons (Fsp3) is 0.526. The molecule has 1 amide bonds. The summed E-state index contributed by atoms with van der Waals surface area (Å²) >= 11 is 1.17. The average molecular weight is 758 g/mol. The van der Waals surface area contributed by atoms with E-state index in [9.17, 15) is 28.8 Å². The van der Waals surface area contributed by atoms with Crippen LogP contribution in [0.2, 0.25) is 0 Å². The monoisotopic (exact) mass is 757 g/mol. The first-order valence-electron chi connectivity index (χ1n) is 17.3. The summed E-state index contributed by atoms with van der Waals surface area (Å²) in [7, 11) is 0. The Bertz CT molecular complexity index is 1610. The highest BCUT2D eigenvalue weighted by Crippen LogP contribution is 2.44. The van der Waals surface area contributed by atoms with Crippen LogP contribution in [0.1, 0.15) is 78.4 Å². The Morgan fingerprint density at radius 1 is 0.736 bits per heavy atom. The first-order valence-corrected chi connectivity index (χ1v) is 18.4. The third-order valence-electron chi connectivity index (χ3n) is 8.19. The number of carbonyl (C=O) groups is 6. The van der Waals surface area contributed by atoms with Gasteiger partial charge in [0.15, 0.2) is 18.3 Å². The first kappa shape index (κ1) is 41.1. The lowest BCUT2D eigenvalue weighted by Gasteiger charge is -2.44. The molecule has 1 aliphatic heterocycles. The average Bonchev–Trinajstić information content (AvgIpc) is 3.38. The predicted octanol–water partition coefficient (Wildman–Crippen LogP) is 4.83. The highest BCUT2D eigenvalue weighted by molar-refractivity contribution is 7.99. The van der Waals surface area contributed by atoms with Crippen molar-refractivity contribution < 1.29 is 61.9 Å². The number of carbonyl (C=O) groups excluding carboxylic acids is 6. The molecule has 1 saturated heterocycles. The molecule has 14 nitrogen and oxygen atoms in total. The third-order valence-corrected chi connectivity index (χ3v) is 9.43. The molecule has 1 fully saturated rings. The number of thioether (sulfide) groups is 1. The van der Waals surface area contributed by atoms with Crippen molar-refractivity contribution in [3.63, 3.8) is 0 Å². The van der Waals surface area contributed by atoms with Crippen molar-refractivity contribution in [3.05, 3.63) is 59.7 Å². The SMILES string of the molecule is CC(=O)OC[C@H]1O[C@@H](SCCC[C@@H](NC(=O)OCC2c3ccccc3-c3ccccc32)C(=O)OC(C)(C)C)[C@H](OC(C)=O)[C@@H](OC(C)=O)[C@@H]1OC(C)=O. The van der Waals surface area contributed by atoms with Gasteiger partial charge in [0.1, 0.15) is 36.4 Å². The van der Waals surface area contributed by atoms with Crippen LogP contribution in [-0.2, 0) is 57.1 Å². The van der Waals surface area contributed by atoms with Crippen LogP contribution in [0, 0.1) is 0 Å². The zero-order valence-corrected chi connectivity index (χ0v) is 31.7. The smallest absolute Gasteiger partial charge is 0.407 e. The number of hydrogen-bond acceptors (Lipinski definition) is 14. The van der Waals surface area contributed by atoms with Gasteiger partial charge in [0, 0.05) is 33.6 Å². The van der Waals surface area contributed by atoms with Gasteiger partial charge >= 0.3 is 35.9 Å². The summed E-state index contributed by atoms with van der Waals surface area (Å²) in [6, 6.07) is 14.8. The maximum absolute atomic E-state index is 13.3. The van der Waals surface area contributed by atoms with E-state index in [1.807, 2.05) is 48.5 Å². The number of alkyl carbamates (subject to hydrolysis) is 1. The summed E-state index contributed by atoms with van der Waals surface area (Å²) in [6.45, 7) is 9.51. The molecule has 1 N–H and O–H groups in total. The van der Waals surface area contributed by atoms with Gasteiger partial charge in [0.2, 0.25) is 0 Å². The Kier molecular flexibility index (Phi) is 14.3. The van der Waals surface area contributed by atoms with Crippen molar-refractivity contribution >= 4 is 47.7 Å². The van der Waals surface area contributed by atoms with Crippen LogP contribution in [0.5, 0.6) is 0 Å². The van der Waals surface area contributed by atoms with Gasteiger partial charge in [-0.2, -0.15) is 0 Å². The molecule has 15 heteroatoms. The number of rotatable bonds is 14. The Morgan fingerprint density at radius 3 is 1.83 bits per heavy atom. The maximum atomic E-state index is 13.3. The van der Waals surface area contributed by atoms with Crippen LogP contribution >= 0.6 is 11.8 Å². The molecular formula is C38H47NO13S. The summed E-state index contributed by atoms with van der Waals surface area (Å²) in [5.74, 6) is -3.33. The number of esters is 5.